The maximum Gasteiger partial charge on any atom is 0.524 e. The fourth-order valence-electron chi connectivity index (χ4n) is 5.57. The number of hydrogen-bond acceptors (Lipinski definition) is 17. The number of hydrogen-bond donors (Lipinski definition) is 10. The van der Waals surface area contributed by atoms with Crippen LogP contribution >= 0.6 is 15.6 Å². The molecular weight excluding hydrogens is 734 g/mol. The number of phosphoric ester groups is 2. The minimum absolute atomic E-state index is 0.0620. The van der Waals surface area contributed by atoms with E-state index in [2.05, 4.69) is 4.52 Å². The standard InChI is InChI=1S/C28H36O21P2/c1-10-21(30)23(32)25(34)27(44-10)43-9-19-22(31)24(33)26(35)28(47-19)45-12-6-17-20(18(7-12)49-51(39,40)41)13(29)8-15(46-17)11-3-4-14(42-2)16(5-11)48-50(36,37)38/h3-7,10,15,19,21-28,30-35H,8-9H2,1-2H3,(H2,36,37,38)(H2,39,40,41). The van der Waals surface area contributed by atoms with Crippen molar-refractivity contribution in [2.24, 2.45) is 0 Å². The summed E-state index contributed by atoms with van der Waals surface area (Å²) in [5, 5.41) is 62.0. The molecule has 11 unspecified atom stereocenters. The molecule has 3 heterocycles. The first-order valence-electron chi connectivity index (χ1n) is 15.0. The first kappa shape index (κ1) is 39.3. The number of phosphoric acid groups is 2. The van der Waals surface area contributed by atoms with Gasteiger partial charge in [-0.25, -0.2) is 9.13 Å². The predicted molar refractivity (Wildman–Crippen MR) is 163 cm³/mol. The second-order valence-corrected chi connectivity index (χ2v) is 14.1. The molecule has 11 atom stereocenters. The number of Topliss-reactive ketones (excluding diaryl/α,β-unsaturated/α-hetero) is 1. The van der Waals surface area contributed by atoms with Crippen LogP contribution < -0.4 is 23.3 Å². The summed E-state index contributed by atoms with van der Waals surface area (Å²) < 4.78 is 65.9. The molecule has 3 aliphatic rings. The van der Waals surface area contributed by atoms with Crippen LogP contribution in [0.5, 0.6) is 28.7 Å². The summed E-state index contributed by atoms with van der Waals surface area (Å²) in [6.07, 6.45) is -17.8. The van der Waals surface area contributed by atoms with Crippen molar-refractivity contribution in [3.63, 3.8) is 0 Å². The lowest BCUT2D eigenvalue weighted by Gasteiger charge is -2.42. The van der Waals surface area contributed by atoms with Crippen LogP contribution in [0.3, 0.4) is 0 Å². The molecule has 5 rings (SSSR count). The molecule has 21 nitrogen and oxygen atoms in total. The van der Waals surface area contributed by atoms with Gasteiger partial charge in [-0.3, -0.25) is 24.4 Å². The number of benzene rings is 2. The van der Waals surface area contributed by atoms with Gasteiger partial charge in [0.2, 0.25) is 6.29 Å². The number of rotatable bonds is 11. The van der Waals surface area contributed by atoms with E-state index in [0.29, 0.717) is 0 Å². The number of ether oxygens (including phenoxy) is 6. The topological polar surface area (TPSA) is 327 Å². The highest BCUT2D eigenvalue weighted by atomic mass is 31.2. The second kappa shape index (κ2) is 15.2. The van der Waals surface area contributed by atoms with Crippen molar-refractivity contribution >= 4 is 21.4 Å². The maximum atomic E-state index is 13.3. The zero-order valence-electron chi connectivity index (χ0n) is 26.5. The van der Waals surface area contributed by atoms with E-state index in [0.717, 1.165) is 18.2 Å². The van der Waals surface area contributed by atoms with Crippen molar-refractivity contribution in [1.82, 2.24) is 0 Å². The van der Waals surface area contributed by atoms with Gasteiger partial charge in [-0.15, -0.1) is 0 Å². The van der Waals surface area contributed by atoms with Gasteiger partial charge in [-0.1, -0.05) is 6.07 Å². The highest BCUT2D eigenvalue weighted by molar-refractivity contribution is 7.47. The van der Waals surface area contributed by atoms with E-state index in [1.54, 1.807) is 0 Å². The first-order valence-corrected chi connectivity index (χ1v) is 18.1. The third-order valence-electron chi connectivity index (χ3n) is 8.11. The van der Waals surface area contributed by atoms with E-state index in [1.165, 1.54) is 26.2 Å². The molecule has 51 heavy (non-hydrogen) atoms. The second-order valence-electron chi connectivity index (χ2n) is 11.7. The summed E-state index contributed by atoms with van der Waals surface area (Å²) in [4.78, 5) is 51.1. The van der Waals surface area contributed by atoms with Crippen LogP contribution in [-0.4, -0.2) is 131 Å². The molecule has 0 amide bonds. The van der Waals surface area contributed by atoms with Gasteiger partial charge < -0.3 is 68.1 Å². The molecule has 3 aliphatic heterocycles. The molecular formula is C28H36O21P2. The lowest BCUT2D eigenvalue weighted by Crippen LogP contribution is -2.61. The van der Waals surface area contributed by atoms with Gasteiger partial charge in [0.05, 0.1) is 26.2 Å². The molecule has 2 fully saturated rings. The largest absolute Gasteiger partial charge is 0.524 e. The third-order valence-corrected chi connectivity index (χ3v) is 8.98. The fraction of sp³-hybridized carbons (Fsp3) is 0.536. The molecule has 2 saturated heterocycles. The molecule has 0 aromatic heterocycles. The summed E-state index contributed by atoms with van der Waals surface area (Å²) in [5.41, 5.74) is -0.252. The Morgan fingerprint density at radius 3 is 2.04 bits per heavy atom. The summed E-state index contributed by atoms with van der Waals surface area (Å²) >= 11 is 0. The van der Waals surface area contributed by atoms with E-state index in [9.17, 15) is 64.1 Å². The van der Waals surface area contributed by atoms with Crippen molar-refractivity contribution in [3.8, 4) is 28.7 Å². The van der Waals surface area contributed by atoms with Gasteiger partial charge in [0.15, 0.2) is 23.6 Å². The van der Waals surface area contributed by atoms with Gasteiger partial charge in [0.1, 0.15) is 71.6 Å². The Hall–Kier alpha value is -2.95. The SMILES string of the molecule is COc1ccc(C2CC(=O)c3c(cc(OC4OC(COC5OC(C)C(O)C(O)C5O)C(O)C(O)C4O)cc3OP(=O)(O)O)O2)cc1OP(=O)(O)O. The van der Waals surface area contributed by atoms with Gasteiger partial charge in [0.25, 0.3) is 0 Å². The van der Waals surface area contributed by atoms with Gasteiger partial charge in [-0.2, -0.15) is 0 Å². The summed E-state index contributed by atoms with van der Waals surface area (Å²) in [6.45, 7) is 0.789. The smallest absolute Gasteiger partial charge is 0.493 e. The van der Waals surface area contributed by atoms with Crippen molar-refractivity contribution in [2.45, 2.75) is 80.9 Å². The van der Waals surface area contributed by atoms with Crippen LogP contribution in [0.1, 0.15) is 35.4 Å². The molecule has 0 bridgehead atoms. The van der Waals surface area contributed by atoms with Crippen LogP contribution in [0, 0.1) is 0 Å². The number of aliphatic hydroxyl groups excluding tert-OH is 6. The van der Waals surface area contributed by atoms with Crippen LogP contribution in [0.4, 0.5) is 0 Å². The molecule has 2 aromatic carbocycles. The van der Waals surface area contributed by atoms with Gasteiger partial charge in [-0.05, 0) is 24.6 Å². The normalized spacial score (nSPS) is 32.8. The quantitative estimate of drug-likeness (QED) is 0.115. The number of carbonyl (C=O) groups is 1. The average molecular weight is 771 g/mol. The van der Waals surface area contributed by atoms with Crippen LogP contribution in [0.15, 0.2) is 30.3 Å². The molecule has 0 aliphatic carbocycles. The fourth-order valence-corrected chi connectivity index (χ4v) is 6.37. The molecule has 0 saturated carbocycles. The number of methoxy groups -OCH3 is 1. The highest BCUT2D eigenvalue weighted by Gasteiger charge is 2.47. The number of ketones is 1. The Balaban J connectivity index is 1.41. The van der Waals surface area contributed by atoms with Crippen molar-refractivity contribution in [2.75, 3.05) is 13.7 Å². The zero-order chi connectivity index (χ0) is 37.6. The van der Waals surface area contributed by atoms with Crippen LogP contribution in [-0.2, 0) is 23.3 Å². The van der Waals surface area contributed by atoms with Crippen LogP contribution in [0.2, 0.25) is 0 Å². The first-order chi connectivity index (χ1) is 23.8. The molecule has 284 valence electrons. The molecule has 10 N–H and O–H groups in total. The molecule has 2 aromatic rings. The van der Waals surface area contributed by atoms with E-state index in [-0.39, 0.29) is 22.8 Å². The average Bonchev–Trinajstić information content (AvgIpc) is 3.03. The summed E-state index contributed by atoms with van der Waals surface area (Å²) in [7, 11) is -9.15. The Kier molecular flexibility index (Phi) is 11.7. The lowest BCUT2D eigenvalue weighted by atomic mass is 9.95. The molecule has 0 radical (unpaired) electrons. The lowest BCUT2D eigenvalue weighted by molar-refractivity contribution is -0.318. The van der Waals surface area contributed by atoms with E-state index in [1.807, 2.05) is 0 Å². The van der Waals surface area contributed by atoms with E-state index >= 15 is 0 Å². The van der Waals surface area contributed by atoms with Gasteiger partial charge in [0, 0.05) is 12.1 Å². The Bertz CT molecular complexity index is 1680. The Morgan fingerprint density at radius 1 is 0.765 bits per heavy atom. The monoisotopic (exact) mass is 770 g/mol. The van der Waals surface area contributed by atoms with E-state index in [4.69, 9.17) is 32.9 Å². The minimum atomic E-state index is -5.32. The summed E-state index contributed by atoms with van der Waals surface area (Å²) in [5.74, 6) is -2.64. The highest BCUT2D eigenvalue weighted by Crippen LogP contribution is 2.49. The Labute approximate surface area is 287 Å². The maximum absolute atomic E-state index is 13.3. The third kappa shape index (κ3) is 8.99. The summed E-state index contributed by atoms with van der Waals surface area (Å²) in [6, 6.07) is 5.79. The van der Waals surface area contributed by atoms with Crippen LogP contribution in [0.25, 0.3) is 0 Å². The number of fused-ring (bicyclic) bond motifs is 1. The molecule has 23 heteroatoms. The van der Waals surface area contributed by atoms with Crippen molar-refractivity contribution < 1.29 is 102 Å². The number of aliphatic hydroxyl groups is 6. The van der Waals surface area contributed by atoms with E-state index < -0.39 is 119 Å². The predicted octanol–water partition coefficient (Wildman–Crippen LogP) is -1.62. The van der Waals surface area contributed by atoms with Gasteiger partial charge >= 0.3 is 15.6 Å². The molecule has 0 spiro atoms. The minimum Gasteiger partial charge on any atom is -0.493 e. The number of carbonyl (C=O) groups excluding carboxylic acids is 1. The zero-order valence-corrected chi connectivity index (χ0v) is 28.3. The Morgan fingerprint density at radius 2 is 1.39 bits per heavy atom. The van der Waals surface area contributed by atoms with Crippen molar-refractivity contribution in [3.05, 3.63) is 41.5 Å². The van der Waals surface area contributed by atoms with Crippen molar-refractivity contribution in [1.29, 1.82) is 0 Å².